The number of amides is 1. The van der Waals surface area contributed by atoms with Crippen molar-refractivity contribution in [2.45, 2.75) is 12.8 Å². The monoisotopic (exact) mass is 305 g/mol. The first-order valence-electron chi connectivity index (χ1n) is 5.83. The van der Waals surface area contributed by atoms with E-state index >= 15 is 0 Å². The first-order valence-corrected chi connectivity index (χ1v) is 6.21. The number of nitrogens with zero attached hydrogens (tertiary/aromatic N) is 1. The van der Waals surface area contributed by atoms with Gasteiger partial charge in [-0.1, -0.05) is 11.6 Å². The van der Waals surface area contributed by atoms with E-state index in [2.05, 4.69) is 4.74 Å². The van der Waals surface area contributed by atoms with E-state index in [1.807, 2.05) is 0 Å². The smallest absolute Gasteiger partial charge is 0.305 e. The van der Waals surface area contributed by atoms with Gasteiger partial charge in [0.25, 0.3) is 5.91 Å². The van der Waals surface area contributed by atoms with Crippen LogP contribution < -0.4 is 0 Å². The van der Waals surface area contributed by atoms with Gasteiger partial charge in [0.05, 0.1) is 17.7 Å². The van der Waals surface area contributed by atoms with E-state index in [4.69, 9.17) is 11.6 Å². The molecule has 0 unspecified atom stereocenters. The fraction of sp³-hybridized carbons (Fsp3) is 0.385. The lowest BCUT2D eigenvalue weighted by molar-refractivity contribution is -0.140. The zero-order chi connectivity index (χ0) is 15.3. The Labute approximate surface area is 120 Å². The fourth-order valence-corrected chi connectivity index (χ4v) is 1.71. The predicted octanol–water partition coefficient (Wildman–Crippen LogP) is 2.64. The first-order chi connectivity index (χ1) is 9.36. The standard InChI is InChI=1S/C13H14ClF2NO3/c1-17(5-3-4-12(18)20-2)13(19)8-6-11(16)9(14)7-10(8)15/h6-7H,3-5H2,1-2H3. The summed E-state index contributed by atoms with van der Waals surface area (Å²) in [5.41, 5.74) is -0.396. The Kier molecular flexibility index (Phi) is 5.88. The maximum Gasteiger partial charge on any atom is 0.305 e. The molecule has 20 heavy (non-hydrogen) atoms. The van der Waals surface area contributed by atoms with Crippen LogP contribution >= 0.6 is 11.6 Å². The van der Waals surface area contributed by atoms with Crippen molar-refractivity contribution >= 4 is 23.5 Å². The van der Waals surface area contributed by atoms with Crippen molar-refractivity contribution in [3.05, 3.63) is 34.4 Å². The molecule has 0 saturated carbocycles. The first kappa shape index (κ1) is 16.4. The molecule has 0 aromatic heterocycles. The topological polar surface area (TPSA) is 46.6 Å². The van der Waals surface area contributed by atoms with Gasteiger partial charge in [0, 0.05) is 20.0 Å². The van der Waals surface area contributed by atoms with Gasteiger partial charge >= 0.3 is 5.97 Å². The van der Waals surface area contributed by atoms with Crippen LogP contribution in [-0.2, 0) is 9.53 Å². The molecule has 0 aliphatic rings. The average molecular weight is 306 g/mol. The van der Waals surface area contributed by atoms with E-state index in [1.54, 1.807) is 0 Å². The minimum Gasteiger partial charge on any atom is -0.469 e. The molecule has 0 bridgehead atoms. The molecule has 0 N–H and O–H groups in total. The molecule has 0 aliphatic carbocycles. The van der Waals surface area contributed by atoms with Crippen LogP contribution in [0.2, 0.25) is 5.02 Å². The van der Waals surface area contributed by atoms with E-state index in [1.165, 1.54) is 19.1 Å². The number of rotatable bonds is 5. The summed E-state index contributed by atoms with van der Waals surface area (Å²) >= 11 is 5.41. The van der Waals surface area contributed by atoms with Gasteiger partial charge in [-0.3, -0.25) is 9.59 Å². The highest BCUT2D eigenvalue weighted by Gasteiger charge is 2.19. The van der Waals surface area contributed by atoms with Crippen molar-refractivity contribution in [3.8, 4) is 0 Å². The van der Waals surface area contributed by atoms with Gasteiger partial charge in [-0.25, -0.2) is 8.78 Å². The van der Waals surface area contributed by atoms with Gasteiger partial charge in [-0.05, 0) is 18.6 Å². The van der Waals surface area contributed by atoms with Gasteiger partial charge in [-0.2, -0.15) is 0 Å². The second kappa shape index (κ2) is 7.19. The molecule has 7 heteroatoms. The molecule has 0 heterocycles. The lowest BCUT2D eigenvalue weighted by atomic mass is 10.1. The normalized spacial score (nSPS) is 10.2. The quantitative estimate of drug-likeness (QED) is 0.620. The van der Waals surface area contributed by atoms with Crippen LogP contribution in [0.5, 0.6) is 0 Å². The Morgan fingerprint density at radius 2 is 1.95 bits per heavy atom. The van der Waals surface area contributed by atoms with Crippen molar-refractivity contribution in [2.24, 2.45) is 0 Å². The number of hydrogen-bond acceptors (Lipinski definition) is 3. The molecule has 0 saturated heterocycles. The second-order valence-electron chi connectivity index (χ2n) is 4.15. The summed E-state index contributed by atoms with van der Waals surface area (Å²) < 4.78 is 31.3. The summed E-state index contributed by atoms with van der Waals surface area (Å²) in [6.07, 6.45) is 0.512. The van der Waals surface area contributed by atoms with Crippen molar-refractivity contribution in [3.63, 3.8) is 0 Å². The Bertz CT molecular complexity index is 523. The molecule has 4 nitrogen and oxygen atoms in total. The molecule has 0 radical (unpaired) electrons. The third kappa shape index (κ3) is 4.16. The molecule has 1 aromatic carbocycles. The summed E-state index contributed by atoms with van der Waals surface area (Å²) in [5.74, 6) is -2.82. The minimum absolute atomic E-state index is 0.144. The molecule has 1 aromatic rings. The zero-order valence-corrected chi connectivity index (χ0v) is 11.8. The second-order valence-corrected chi connectivity index (χ2v) is 4.56. The van der Waals surface area contributed by atoms with Gasteiger partial charge in [0.2, 0.25) is 0 Å². The molecule has 0 aliphatic heterocycles. The number of methoxy groups -OCH3 is 1. The maximum absolute atomic E-state index is 13.6. The Morgan fingerprint density at radius 3 is 2.55 bits per heavy atom. The summed E-state index contributed by atoms with van der Waals surface area (Å²) in [6, 6.07) is 1.52. The third-order valence-corrected chi connectivity index (χ3v) is 2.98. The zero-order valence-electron chi connectivity index (χ0n) is 11.1. The van der Waals surface area contributed by atoms with Crippen LogP contribution in [0.15, 0.2) is 12.1 Å². The number of ether oxygens (including phenoxy) is 1. The Balaban J connectivity index is 2.70. The largest absolute Gasteiger partial charge is 0.469 e. The molecule has 0 fully saturated rings. The SMILES string of the molecule is COC(=O)CCCN(C)C(=O)c1cc(F)c(Cl)cc1F. The number of benzene rings is 1. The number of carbonyl (C=O) groups excluding carboxylic acids is 2. The summed E-state index contributed by atoms with van der Waals surface area (Å²) in [4.78, 5) is 24.1. The van der Waals surface area contributed by atoms with Crippen LogP contribution in [0.1, 0.15) is 23.2 Å². The Morgan fingerprint density at radius 1 is 1.30 bits per heavy atom. The molecule has 0 spiro atoms. The number of halogens is 3. The van der Waals surface area contributed by atoms with Crippen molar-refractivity contribution < 1.29 is 23.1 Å². The number of esters is 1. The highest BCUT2D eigenvalue weighted by atomic mass is 35.5. The highest BCUT2D eigenvalue weighted by molar-refractivity contribution is 6.30. The summed E-state index contributed by atoms with van der Waals surface area (Å²) in [5, 5.41) is -0.382. The van der Waals surface area contributed by atoms with Crippen LogP contribution in [0.3, 0.4) is 0 Å². The van der Waals surface area contributed by atoms with Gasteiger partial charge < -0.3 is 9.64 Å². The number of carbonyl (C=O) groups is 2. The molecule has 1 rings (SSSR count). The fourth-order valence-electron chi connectivity index (χ4n) is 1.56. The third-order valence-electron chi connectivity index (χ3n) is 2.69. The molecule has 0 atom stereocenters. The van der Waals surface area contributed by atoms with E-state index < -0.39 is 29.1 Å². The van der Waals surface area contributed by atoms with E-state index in [0.717, 1.165) is 12.1 Å². The lowest BCUT2D eigenvalue weighted by Crippen LogP contribution is -2.29. The van der Waals surface area contributed by atoms with Crippen molar-refractivity contribution in [2.75, 3.05) is 20.7 Å². The van der Waals surface area contributed by atoms with Gasteiger partial charge in [-0.15, -0.1) is 0 Å². The van der Waals surface area contributed by atoms with Crippen LogP contribution in [0, 0.1) is 11.6 Å². The van der Waals surface area contributed by atoms with Crippen molar-refractivity contribution in [1.82, 2.24) is 4.90 Å². The highest BCUT2D eigenvalue weighted by Crippen LogP contribution is 2.20. The van der Waals surface area contributed by atoms with Crippen LogP contribution in [0.4, 0.5) is 8.78 Å². The van der Waals surface area contributed by atoms with Crippen molar-refractivity contribution in [1.29, 1.82) is 0 Å². The summed E-state index contributed by atoms with van der Waals surface area (Å²) in [6.45, 7) is 0.220. The molecule has 110 valence electrons. The van der Waals surface area contributed by atoms with E-state index in [-0.39, 0.29) is 18.0 Å². The average Bonchev–Trinajstić information content (AvgIpc) is 2.41. The lowest BCUT2D eigenvalue weighted by Gasteiger charge is -2.17. The summed E-state index contributed by atoms with van der Waals surface area (Å²) in [7, 11) is 2.70. The minimum atomic E-state index is -0.888. The molecule has 1 amide bonds. The maximum atomic E-state index is 13.6. The number of hydrogen-bond donors (Lipinski definition) is 0. The van der Waals surface area contributed by atoms with Crippen LogP contribution in [-0.4, -0.2) is 37.5 Å². The predicted molar refractivity (Wildman–Crippen MR) is 69.6 cm³/mol. The Hall–Kier alpha value is -1.69. The van der Waals surface area contributed by atoms with E-state index in [0.29, 0.717) is 6.42 Å². The van der Waals surface area contributed by atoms with Crippen LogP contribution in [0.25, 0.3) is 0 Å². The molecular formula is C13H14ClF2NO3. The van der Waals surface area contributed by atoms with E-state index in [9.17, 15) is 18.4 Å². The van der Waals surface area contributed by atoms with Gasteiger partial charge in [0.15, 0.2) is 0 Å². The van der Waals surface area contributed by atoms with Gasteiger partial charge in [0.1, 0.15) is 11.6 Å². The molecular weight excluding hydrogens is 292 g/mol.